The first-order valence-corrected chi connectivity index (χ1v) is 7.67. The quantitative estimate of drug-likeness (QED) is 0.661. The van der Waals surface area contributed by atoms with Crippen LogP contribution in [0.4, 0.5) is 0 Å². The van der Waals surface area contributed by atoms with E-state index < -0.39 is 0 Å². The topological polar surface area (TPSA) is 17.1 Å². The zero-order valence-electron chi connectivity index (χ0n) is 11.5. The minimum Gasteiger partial charge on any atom is -0.303 e. The Bertz CT molecular complexity index is 248. The van der Waals surface area contributed by atoms with Gasteiger partial charge in [0.2, 0.25) is 0 Å². The lowest BCUT2D eigenvalue weighted by atomic mass is 9.67. The average Bonchev–Trinajstić information content (AvgIpc) is 2.35. The highest BCUT2D eigenvalue weighted by atomic mass is 16.1. The summed E-state index contributed by atoms with van der Waals surface area (Å²) in [7, 11) is 0. The molecule has 0 saturated heterocycles. The molecular formula is C16H28O. The molecule has 0 aliphatic heterocycles. The van der Waals surface area contributed by atoms with E-state index in [4.69, 9.17) is 0 Å². The third kappa shape index (κ3) is 3.11. The predicted octanol–water partition coefficient (Wildman–Crippen LogP) is 4.45. The summed E-state index contributed by atoms with van der Waals surface area (Å²) in [6.07, 6.45) is 11.9. The molecule has 2 aliphatic carbocycles. The van der Waals surface area contributed by atoms with E-state index in [0.717, 1.165) is 24.2 Å². The Morgan fingerprint density at radius 3 is 2.41 bits per heavy atom. The van der Waals surface area contributed by atoms with Gasteiger partial charge < -0.3 is 4.79 Å². The molecule has 5 atom stereocenters. The van der Waals surface area contributed by atoms with E-state index in [9.17, 15) is 4.79 Å². The lowest BCUT2D eigenvalue weighted by molar-refractivity contribution is -0.113. The van der Waals surface area contributed by atoms with Crippen LogP contribution in [-0.4, -0.2) is 6.29 Å². The molecule has 17 heavy (non-hydrogen) atoms. The maximum Gasteiger partial charge on any atom is 0.123 e. The van der Waals surface area contributed by atoms with Gasteiger partial charge in [-0.2, -0.15) is 0 Å². The van der Waals surface area contributed by atoms with Crippen molar-refractivity contribution in [3.63, 3.8) is 0 Å². The van der Waals surface area contributed by atoms with Gasteiger partial charge in [0.05, 0.1) is 0 Å². The fraction of sp³-hybridized carbons (Fsp3) is 0.938. The molecule has 2 fully saturated rings. The van der Waals surface area contributed by atoms with Crippen LogP contribution in [-0.2, 0) is 4.79 Å². The Kier molecular flexibility index (Phi) is 4.64. The van der Waals surface area contributed by atoms with Crippen LogP contribution in [0.3, 0.4) is 0 Å². The molecule has 5 unspecified atom stereocenters. The van der Waals surface area contributed by atoms with Crippen molar-refractivity contribution < 1.29 is 4.79 Å². The summed E-state index contributed by atoms with van der Waals surface area (Å²) in [5, 5.41) is 0. The van der Waals surface area contributed by atoms with Gasteiger partial charge in [0, 0.05) is 5.92 Å². The minimum absolute atomic E-state index is 0.383. The monoisotopic (exact) mass is 236 g/mol. The Morgan fingerprint density at radius 1 is 0.941 bits per heavy atom. The van der Waals surface area contributed by atoms with Gasteiger partial charge in [0.15, 0.2) is 0 Å². The summed E-state index contributed by atoms with van der Waals surface area (Å²) in [6, 6.07) is 0. The number of carbonyl (C=O) groups is 1. The molecule has 98 valence electrons. The lowest BCUT2D eigenvalue weighted by Gasteiger charge is -2.38. The molecule has 1 nitrogen and oxygen atoms in total. The second-order valence-corrected chi connectivity index (χ2v) is 6.61. The van der Waals surface area contributed by atoms with E-state index in [0.29, 0.717) is 11.8 Å². The van der Waals surface area contributed by atoms with Crippen molar-refractivity contribution in [3.8, 4) is 0 Å². The van der Waals surface area contributed by atoms with E-state index in [-0.39, 0.29) is 0 Å². The molecule has 2 rings (SSSR count). The first-order valence-electron chi connectivity index (χ1n) is 7.67. The Balaban J connectivity index is 1.91. The van der Waals surface area contributed by atoms with E-state index in [1.54, 1.807) is 0 Å². The Hall–Kier alpha value is -0.330. The highest BCUT2D eigenvalue weighted by Crippen LogP contribution is 2.41. The minimum atomic E-state index is 0.383. The molecule has 0 spiro atoms. The van der Waals surface area contributed by atoms with Gasteiger partial charge in [-0.3, -0.25) is 0 Å². The standard InChI is InChI=1S/C16H28O/c1-12-6-5-9-14(13(12)2)10-15-7-3-4-8-16(15)11-17/h11-16H,3-10H2,1-2H3. The van der Waals surface area contributed by atoms with Crippen molar-refractivity contribution in [3.05, 3.63) is 0 Å². The van der Waals surface area contributed by atoms with Gasteiger partial charge in [0.25, 0.3) is 0 Å². The molecule has 0 radical (unpaired) electrons. The van der Waals surface area contributed by atoms with Crippen LogP contribution in [0.5, 0.6) is 0 Å². The SMILES string of the molecule is CC1CCCC(CC2CCCCC2C=O)C1C. The second kappa shape index (κ2) is 6.02. The zero-order chi connectivity index (χ0) is 12.3. The first-order chi connectivity index (χ1) is 8.22. The third-order valence-corrected chi connectivity index (χ3v) is 5.62. The fourth-order valence-electron chi connectivity index (χ4n) is 4.12. The van der Waals surface area contributed by atoms with Crippen LogP contribution in [0, 0.1) is 29.6 Å². The van der Waals surface area contributed by atoms with Crippen LogP contribution in [0.2, 0.25) is 0 Å². The highest BCUT2D eigenvalue weighted by Gasteiger charge is 2.32. The predicted molar refractivity (Wildman–Crippen MR) is 71.8 cm³/mol. The number of hydrogen-bond acceptors (Lipinski definition) is 1. The van der Waals surface area contributed by atoms with Crippen LogP contribution < -0.4 is 0 Å². The van der Waals surface area contributed by atoms with Crippen molar-refractivity contribution in [1.29, 1.82) is 0 Å². The van der Waals surface area contributed by atoms with Crippen molar-refractivity contribution in [2.45, 2.75) is 65.2 Å². The summed E-state index contributed by atoms with van der Waals surface area (Å²) in [5.41, 5.74) is 0. The molecule has 0 aromatic rings. The number of carbonyl (C=O) groups excluding carboxylic acids is 1. The van der Waals surface area contributed by atoms with Gasteiger partial charge in [-0.15, -0.1) is 0 Å². The molecule has 0 aromatic heterocycles. The first kappa shape index (κ1) is 13.1. The van der Waals surface area contributed by atoms with Gasteiger partial charge in [-0.25, -0.2) is 0 Å². The molecule has 0 bridgehead atoms. The number of rotatable bonds is 3. The second-order valence-electron chi connectivity index (χ2n) is 6.61. The summed E-state index contributed by atoms with van der Waals surface area (Å²) < 4.78 is 0. The maximum absolute atomic E-state index is 11.2. The molecule has 0 amide bonds. The molecule has 0 aromatic carbocycles. The Morgan fingerprint density at radius 2 is 1.65 bits per heavy atom. The van der Waals surface area contributed by atoms with Crippen molar-refractivity contribution in [1.82, 2.24) is 0 Å². The van der Waals surface area contributed by atoms with E-state index in [1.165, 1.54) is 51.2 Å². The third-order valence-electron chi connectivity index (χ3n) is 5.62. The summed E-state index contributed by atoms with van der Waals surface area (Å²) >= 11 is 0. The smallest absolute Gasteiger partial charge is 0.123 e. The van der Waals surface area contributed by atoms with E-state index in [2.05, 4.69) is 13.8 Å². The molecule has 1 heteroatoms. The number of aldehydes is 1. The Labute approximate surface area is 106 Å². The molecule has 0 heterocycles. The zero-order valence-corrected chi connectivity index (χ0v) is 11.5. The normalized spacial score (nSPS) is 43.3. The largest absolute Gasteiger partial charge is 0.303 e. The van der Waals surface area contributed by atoms with Gasteiger partial charge in [0.1, 0.15) is 6.29 Å². The van der Waals surface area contributed by atoms with Crippen molar-refractivity contribution >= 4 is 6.29 Å². The maximum atomic E-state index is 11.2. The summed E-state index contributed by atoms with van der Waals surface area (Å²) in [5.74, 6) is 3.75. The van der Waals surface area contributed by atoms with Gasteiger partial charge >= 0.3 is 0 Å². The van der Waals surface area contributed by atoms with Crippen LogP contribution in [0.15, 0.2) is 0 Å². The summed E-state index contributed by atoms with van der Waals surface area (Å²) in [6.45, 7) is 4.85. The van der Waals surface area contributed by atoms with Crippen LogP contribution in [0.25, 0.3) is 0 Å². The van der Waals surface area contributed by atoms with E-state index in [1.807, 2.05) is 0 Å². The lowest BCUT2D eigenvalue weighted by Crippen LogP contribution is -2.30. The van der Waals surface area contributed by atoms with Crippen LogP contribution in [0.1, 0.15) is 65.2 Å². The molecule has 2 saturated carbocycles. The van der Waals surface area contributed by atoms with E-state index >= 15 is 0 Å². The average molecular weight is 236 g/mol. The van der Waals surface area contributed by atoms with Crippen molar-refractivity contribution in [2.75, 3.05) is 0 Å². The fourth-order valence-corrected chi connectivity index (χ4v) is 4.12. The molecular weight excluding hydrogens is 208 g/mol. The van der Waals surface area contributed by atoms with Gasteiger partial charge in [-0.1, -0.05) is 46.0 Å². The molecule has 2 aliphatic rings. The number of hydrogen-bond donors (Lipinski definition) is 0. The molecule has 0 N–H and O–H groups in total. The summed E-state index contributed by atoms with van der Waals surface area (Å²) in [4.78, 5) is 11.2. The van der Waals surface area contributed by atoms with Crippen molar-refractivity contribution in [2.24, 2.45) is 29.6 Å². The highest BCUT2D eigenvalue weighted by molar-refractivity contribution is 5.54. The van der Waals surface area contributed by atoms with Crippen LogP contribution >= 0.6 is 0 Å². The van der Waals surface area contributed by atoms with Gasteiger partial charge in [-0.05, 0) is 42.9 Å².